The zero-order chi connectivity index (χ0) is 17.9. The highest BCUT2D eigenvalue weighted by Crippen LogP contribution is 2.27. The smallest absolute Gasteiger partial charge is 0.328 e. The standard InChI is InChI=1S/C18H23N3O3/c1-12-17(13(2)20(4)19-12)21(14(3)18(23)24-5)16(22)11-15-9-7-6-8-10-15/h6-10,14H,11H2,1-5H3/t14-/m1/s1. The third-order valence-corrected chi connectivity index (χ3v) is 4.11. The van der Waals surface area contributed by atoms with E-state index in [0.717, 1.165) is 11.3 Å². The summed E-state index contributed by atoms with van der Waals surface area (Å²) in [6.07, 6.45) is 0.204. The summed E-state index contributed by atoms with van der Waals surface area (Å²) < 4.78 is 6.55. The van der Waals surface area contributed by atoms with E-state index in [4.69, 9.17) is 4.74 Å². The normalized spacial score (nSPS) is 11.9. The molecular formula is C18H23N3O3. The van der Waals surface area contributed by atoms with Crippen LogP contribution in [0.25, 0.3) is 0 Å². The summed E-state index contributed by atoms with van der Waals surface area (Å²) in [6, 6.07) is 8.73. The van der Waals surface area contributed by atoms with Gasteiger partial charge in [0.1, 0.15) is 6.04 Å². The molecule has 24 heavy (non-hydrogen) atoms. The Morgan fingerprint density at radius 3 is 2.38 bits per heavy atom. The van der Waals surface area contributed by atoms with Crippen molar-refractivity contribution in [2.45, 2.75) is 33.2 Å². The van der Waals surface area contributed by atoms with Crippen molar-refractivity contribution in [1.82, 2.24) is 9.78 Å². The first-order valence-corrected chi connectivity index (χ1v) is 7.80. The predicted octanol–water partition coefficient (Wildman–Crippen LogP) is 2.17. The van der Waals surface area contributed by atoms with Gasteiger partial charge in [0, 0.05) is 7.05 Å². The van der Waals surface area contributed by atoms with E-state index >= 15 is 0 Å². The van der Waals surface area contributed by atoms with Crippen LogP contribution in [0.2, 0.25) is 0 Å². The number of aromatic nitrogens is 2. The summed E-state index contributed by atoms with van der Waals surface area (Å²) in [4.78, 5) is 26.5. The Labute approximate surface area is 142 Å². The fraction of sp³-hybridized carbons (Fsp3) is 0.389. The highest BCUT2D eigenvalue weighted by Gasteiger charge is 2.31. The lowest BCUT2D eigenvalue weighted by molar-refractivity contribution is -0.143. The molecule has 0 N–H and O–H groups in total. The van der Waals surface area contributed by atoms with Gasteiger partial charge in [-0.25, -0.2) is 4.79 Å². The Morgan fingerprint density at radius 2 is 1.88 bits per heavy atom. The molecule has 6 heteroatoms. The maximum Gasteiger partial charge on any atom is 0.328 e. The van der Waals surface area contributed by atoms with Gasteiger partial charge >= 0.3 is 5.97 Å². The number of aryl methyl sites for hydroxylation is 2. The average Bonchev–Trinajstić information content (AvgIpc) is 2.81. The summed E-state index contributed by atoms with van der Waals surface area (Å²) in [5.74, 6) is -0.627. The van der Waals surface area contributed by atoms with Crippen LogP contribution in [0.15, 0.2) is 30.3 Å². The lowest BCUT2D eigenvalue weighted by Crippen LogP contribution is -2.45. The Balaban J connectivity index is 2.43. The number of esters is 1. The van der Waals surface area contributed by atoms with E-state index in [1.54, 1.807) is 11.6 Å². The first kappa shape index (κ1) is 17.7. The summed E-state index contributed by atoms with van der Waals surface area (Å²) in [5.41, 5.74) is 3.08. The van der Waals surface area contributed by atoms with E-state index in [9.17, 15) is 9.59 Å². The second-order valence-electron chi connectivity index (χ2n) is 5.77. The van der Waals surface area contributed by atoms with Crippen molar-refractivity contribution in [3.63, 3.8) is 0 Å². The van der Waals surface area contributed by atoms with Crippen LogP contribution in [0.3, 0.4) is 0 Å². The summed E-state index contributed by atoms with van der Waals surface area (Å²) in [7, 11) is 3.14. The molecule has 128 valence electrons. The lowest BCUT2D eigenvalue weighted by Gasteiger charge is -2.28. The molecule has 0 spiro atoms. The largest absolute Gasteiger partial charge is 0.467 e. The van der Waals surface area contributed by atoms with E-state index < -0.39 is 12.0 Å². The molecule has 0 aliphatic rings. The molecule has 0 aliphatic carbocycles. The van der Waals surface area contributed by atoms with E-state index in [1.807, 2.05) is 51.2 Å². The van der Waals surface area contributed by atoms with Crippen molar-refractivity contribution in [3.8, 4) is 0 Å². The van der Waals surface area contributed by atoms with Crippen molar-refractivity contribution in [2.24, 2.45) is 7.05 Å². The Morgan fingerprint density at radius 1 is 1.25 bits per heavy atom. The minimum absolute atomic E-state index is 0.168. The van der Waals surface area contributed by atoms with Gasteiger partial charge < -0.3 is 4.74 Å². The number of benzene rings is 1. The molecule has 0 fully saturated rings. The van der Waals surface area contributed by atoms with E-state index in [2.05, 4.69) is 5.10 Å². The third kappa shape index (κ3) is 3.48. The van der Waals surface area contributed by atoms with Gasteiger partial charge in [-0.1, -0.05) is 30.3 Å². The van der Waals surface area contributed by atoms with E-state index in [-0.39, 0.29) is 12.3 Å². The van der Waals surface area contributed by atoms with Gasteiger partial charge in [-0.2, -0.15) is 5.10 Å². The van der Waals surface area contributed by atoms with Crippen molar-refractivity contribution in [3.05, 3.63) is 47.3 Å². The van der Waals surface area contributed by atoms with Gasteiger partial charge in [0.15, 0.2) is 0 Å². The maximum atomic E-state index is 13.0. The molecule has 0 unspecified atom stereocenters. The van der Waals surface area contributed by atoms with Crippen molar-refractivity contribution in [2.75, 3.05) is 12.0 Å². The monoisotopic (exact) mass is 329 g/mol. The van der Waals surface area contributed by atoms with Crippen LogP contribution in [-0.2, 0) is 27.8 Å². The number of nitrogens with zero attached hydrogens (tertiary/aromatic N) is 3. The quantitative estimate of drug-likeness (QED) is 0.789. The molecular weight excluding hydrogens is 306 g/mol. The van der Waals surface area contributed by atoms with Gasteiger partial charge in [-0.15, -0.1) is 0 Å². The molecule has 1 heterocycles. The average molecular weight is 329 g/mol. The highest BCUT2D eigenvalue weighted by atomic mass is 16.5. The molecule has 2 aromatic rings. The second-order valence-corrected chi connectivity index (χ2v) is 5.77. The number of anilines is 1. The predicted molar refractivity (Wildman–Crippen MR) is 91.8 cm³/mol. The fourth-order valence-corrected chi connectivity index (χ4v) is 2.78. The van der Waals surface area contributed by atoms with Crippen LogP contribution >= 0.6 is 0 Å². The van der Waals surface area contributed by atoms with Gasteiger partial charge in [0.05, 0.1) is 30.6 Å². The van der Waals surface area contributed by atoms with Gasteiger partial charge in [0.2, 0.25) is 5.91 Å². The highest BCUT2D eigenvalue weighted by molar-refractivity contribution is 6.01. The number of methoxy groups -OCH3 is 1. The number of rotatable bonds is 5. The molecule has 0 saturated carbocycles. The zero-order valence-electron chi connectivity index (χ0n) is 14.7. The third-order valence-electron chi connectivity index (χ3n) is 4.11. The van der Waals surface area contributed by atoms with Gasteiger partial charge in [-0.3, -0.25) is 14.4 Å². The number of carbonyl (C=O) groups is 2. The SMILES string of the molecule is COC(=O)[C@@H](C)N(C(=O)Cc1ccccc1)c1c(C)nn(C)c1C. The fourth-order valence-electron chi connectivity index (χ4n) is 2.78. The molecule has 1 aromatic heterocycles. The van der Waals surface area contributed by atoms with Crippen LogP contribution in [0.5, 0.6) is 0 Å². The second kappa shape index (κ2) is 7.29. The van der Waals surface area contributed by atoms with Crippen molar-refractivity contribution >= 4 is 17.6 Å². The molecule has 6 nitrogen and oxygen atoms in total. The summed E-state index contributed by atoms with van der Waals surface area (Å²) in [5, 5.41) is 4.36. The number of carbonyl (C=O) groups excluding carboxylic acids is 2. The molecule has 1 aromatic carbocycles. The summed E-state index contributed by atoms with van der Waals surface area (Å²) >= 11 is 0. The topological polar surface area (TPSA) is 64.4 Å². The molecule has 0 saturated heterocycles. The molecule has 0 aliphatic heterocycles. The van der Waals surface area contributed by atoms with Crippen molar-refractivity contribution < 1.29 is 14.3 Å². The first-order valence-electron chi connectivity index (χ1n) is 7.80. The van der Waals surface area contributed by atoms with Gasteiger partial charge in [0.25, 0.3) is 0 Å². The number of ether oxygens (including phenoxy) is 1. The molecule has 0 radical (unpaired) electrons. The number of hydrogen-bond donors (Lipinski definition) is 0. The first-order chi connectivity index (χ1) is 11.4. The van der Waals surface area contributed by atoms with Crippen molar-refractivity contribution in [1.29, 1.82) is 0 Å². The van der Waals surface area contributed by atoms with Crippen LogP contribution in [0, 0.1) is 13.8 Å². The van der Waals surface area contributed by atoms with Crippen LogP contribution in [-0.4, -0.2) is 34.8 Å². The van der Waals surface area contributed by atoms with Crippen LogP contribution in [0.4, 0.5) is 5.69 Å². The minimum atomic E-state index is -0.729. The van der Waals surface area contributed by atoms with E-state index in [0.29, 0.717) is 11.4 Å². The molecule has 2 rings (SSSR count). The Hall–Kier alpha value is -2.63. The molecule has 1 amide bonds. The van der Waals surface area contributed by atoms with E-state index in [1.165, 1.54) is 12.0 Å². The molecule has 0 bridgehead atoms. The number of amides is 1. The Bertz CT molecular complexity index is 737. The molecule has 1 atom stereocenters. The lowest BCUT2D eigenvalue weighted by atomic mass is 10.1. The summed E-state index contributed by atoms with van der Waals surface area (Å²) in [6.45, 7) is 5.37. The van der Waals surface area contributed by atoms with Crippen LogP contribution in [0.1, 0.15) is 23.9 Å². The Kier molecular flexibility index (Phi) is 5.39. The number of hydrogen-bond acceptors (Lipinski definition) is 4. The minimum Gasteiger partial charge on any atom is -0.467 e. The maximum absolute atomic E-state index is 13.0. The zero-order valence-corrected chi connectivity index (χ0v) is 14.7. The van der Waals surface area contributed by atoms with Crippen LogP contribution < -0.4 is 4.90 Å². The van der Waals surface area contributed by atoms with Gasteiger partial charge in [-0.05, 0) is 26.3 Å².